The Balaban J connectivity index is 1.49. The largest absolute Gasteiger partial charge is 0.489 e. The maximum absolute atomic E-state index is 12.0. The van der Waals surface area contributed by atoms with Crippen LogP contribution >= 0.6 is 11.6 Å². The zero-order valence-corrected chi connectivity index (χ0v) is 16.6. The minimum atomic E-state index is -0.511. The number of para-hydroxylation sites is 1. The number of nitrogens with one attached hydrogen (secondary N) is 1. The summed E-state index contributed by atoms with van der Waals surface area (Å²) in [6.07, 6.45) is 1.35. The van der Waals surface area contributed by atoms with Crippen molar-refractivity contribution in [3.05, 3.63) is 105 Å². The van der Waals surface area contributed by atoms with Gasteiger partial charge in [0.2, 0.25) is 5.91 Å². The Bertz CT molecular complexity index is 1050. The second-order valence-electron chi connectivity index (χ2n) is 6.34. The minimum Gasteiger partial charge on any atom is -0.489 e. The molecule has 3 rings (SSSR count). The monoisotopic (exact) mass is 423 g/mol. The molecule has 0 saturated heterocycles. The van der Waals surface area contributed by atoms with Crippen LogP contribution in [0.5, 0.6) is 5.75 Å². The van der Waals surface area contributed by atoms with Crippen LogP contribution in [0, 0.1) is 10.1 Å². The van der Waals surface area contributed by atoms with E-state index in [1.165, 1.54) is 12.3 Å². The van der Waals surface area contributed by atoms with Gasteiger partial charge in [0, 0.05) is 16.7 Å². The minimum absolute atomic E-state index is 0.0918. The van der Waals surface area contributed by atoms with E-state index in [0.29, 0.717) is 22.9 Å². The molecule has 3 aromatic rings. The SMILES string of the molecule is O=C(Cc1ccccc1[N+](=O)[O-])NN=Cc1ccc(OCc2ccc(Cl)cc2)cc1. The molecule has 0 saturated carbocycles. The molecule has 1 N–H and O–H groups in total. The molecule has 30 heavy (non-hydrogen) atoms. The third-order valence-corrected chi connectivity index (χ3v) is 4.39. The summed E-state index contributed by atoms with van der Waals surface area (Å²) in [5.74, 6) is 0.256. The van der Waals surface area contributed by atoms with Gasteiger partial charge in [-0.3, -0.25) is 14.9 Å². The average molecular weight is 424 g/mol. The van der Waals surface area contributed by atoms with Crippen molar-refractivity contribution < 1.29 is 14.5 Å². The molecule has 0 atom stereocenters. The topological polar surface area (TPSA) is 93.8 Å². The van der Waals surface area contributed by atoms with Crippen LogP contribution in [0.2, 0.25) is 5.02 Å². The number of ether oxygens (including phenoxy) is 1. The van der Waals surface area contributed by atoms with Gasteiger partial charge >= 0.3 is 0 Å². The highest BCUT2D eigenvalue weighted by Crippen LogP contribution is 2.18. The van der Waals surface area contributed by atoms with Gasteiger partial charge in [-0.1, -0.05) is 41.9 Å². The number of benzene rings is 3. The van der Waals surface area contributed by atoms with E-state index >= 15 is 0 Å². The van der Waals surface area contributed by atoms with Crippen LogP contribution in [0.15, 0.2) is 77.9 Å². The van der Waals surface area contributed by atoms with Gasteiger partial charge in [0.15, 0.2) is 0 Å². The molecule has 0 aromatic heterocycles. The third kappa shape index (κ3) is 6.15. The molecule has 0 heterocycles. The predicted octanol–water partition coefficient (Wildman–Crippen LogP) is 4.52. The summed E-state index contributed by atoms with van der Waals surface area (Å²) < 4.78 is 5.71. The maximum Gasteiger partial charge on any atom is 0.273 e. The number of hydrazone groups is 1. The zero-order chi connectivity index (χ0) is 21.3. The Morgan fingerprint density at radius 3 is 2.47 bits per heavy atom. The second-order valence-corrected chi connectivity index (χ2v) is 6.78. The van der Waals surface area contributed by atoms with E-state index in [4.69, 9.17) is 16.3 Å². The number of nitrogens with zero attached hydrogens (tertiary/aromatic N) is 2. The van der Waals surface area contributed by atoms with Crippen LogP contribution in [0.4, 0.5) is 5.69 Å². The first-order valence-electron chi connectivity index (χ1n) is 9.03. The van der Waals surface area contributed by atoms with E-state index in [1.807, 2.05) is 24.3 Å². The molecule has 8 heteroatoms. The summed E-state index contributed by atoms with van der Waals surface area (Å²) in [4.78, 5) is 22.5. The molecule has 0 aliphatic rings. The van der Waals surface area contributed by atoms with Gasteiger partial charge in [-0.25, -0.2) is 5.43 Å². The summed E-state index contributed by atoms with van der Waals surface area (Å²) in [6.45, 7) is 0.423. The lowest BCUT2D eigenvalue weighted by Gasteiger charge is -2.06. The smallest absolute Gasteiger partial charge is 0.273 e. The van der Waals surface area contributed by atoms with E-state index in [2.05, 4.69) is 10.5 Å². The average Bonchev–Trinajstić information content (AvgIpc) is 2.74. The fourth-order valence-corrected chi connectivity index (χ4v) is 2.75. The van der Waals surface area contributed by atoms with E-state index in [0.717, 1.165) is 11.1 Å². The van der Waals surface area contributed by atoms with Crippen molar-refractivity contribution >= 4 is 29.4 Å². The van der Waals surface area contributed by atoms with E-state index < -0.39 is 10.8 Å². The Kier molecular flexibility index (Phi) is 7.13. The molecule has 0 aliphatic heterocycles. The molecule has 0 radical (unpaired) electrons. The molecule has 0 aliphatic carbocycles. The van der Waals surface area contributed by atoms with Crippen molar-refractivity contribution in [3.63, 3.8) is 0 Å². The molecule has 0 unspecified atom stereocenters. The van der Waals surface area contributed by atoms with Crippen molar-refractivity contribution in [1.29, 1.82) is 0 Å². The van der Waals surface area contributed by atoms with Crippen LogP contribution in [0.1, 0.15) is 16.7 Å². The quantitative estimate of drug-likeness (QED) is 0.327. The Hall–Kier alpha value is -3.71. The first kappa shape index (κ1) is 21.0. The first-order chi connectivity index (χ1) is 14.5. The van der Waals surface area contributed by atoms with Crippen molar-refractivity contribution in [2.75, 3.05) is 0 Å². The number of rotatable bonds is 8. The molecule has 0 fully saturated rings. The normalized spacial score (nSPS) is 10.7. The summed E-state index contributed by atoms with van der Waals surface area (Å²) >= 11 is 5.86. The number of hydrogen-bond donors (Lipinski definition) is 1. The second kappa shape index (κ2) is 10.2. The molecule has 0 spiro atoms. The van der Waals surface area contributed by atoms with Gasteiger partial charge in [0.1, 0.15) is 12.4 Å². The molecular formula is C22H18ClN3O4. The summed E-state index contributed by atoms with van der Waals surface area (Å²) in [6, 6.07) is 20.7. The summed E-state index contributed by atoms with van der Waals surface area (Å²) in [5, 5.41) is 15.6. The summed E-state index contributed by atoms with van der Waals surface area (Å²) in [7, 11) is 0. The van der Waals surface area contributed by atoms with Crippen LogP contribution in [-0.2, 0) is 17.8 Å². The number of nitro groups is 1. The number of carbonyl (C=O) groups excluding carboxylic acids is 1. The lowest BCUT2D eigenvalue weighted by atomic mass is 10.1. The lowest BCUT2D eigenvalue weighted by Crippen LogP contribution is -2.20. The number of carbonyl (C=O) groups is 1. The van der Waals surface area contributed by atoms with Crippen LogP contribution in [0.3, 0.4) is 0 Å². The van der Waals surface area contributed by atoms with E-state index in [9.17, 15) is 14.9 Å². The van der Waals surface area contributed by atoms with Crippen molar-refractivity contribution in [2.24, 2.45) is 5.10 Å². The Morgan fingerprint density at radius 1 is 1.07 bits per heavy atom. The first-order valence-corrected chi connectivity index (χ1v) is 9.40. The number of nitro benzene ring substituents is 1. The standard InChI is InChI=1S/C22H18ClN3O4/c23-19-9-5-17(6-10-19)15-30-20-11-7-16(8-12-20)14-24-25-22(27)13-18-3-1-2-4-21(18)26(28)29/h1-12,14H,13,15H2,(H,25,27). The third-order valence-electron chi connectivity index (χ3n) is 4.14. The number of amides is 1. The summed E-state index contributed by atoms with van der Waals surface area (Å²) in [5.41, 5.74) is 4.39. The fraction of sp³-hybridized carbons (Fsp3) is 0.0909. The lowest BCUT2D eigenvalue weighted by molar-refractivity contribution is -0.385. The molecule has 0 bridgehead atoms. The van der Waals surface area contributed by atoms with Crippen molar-refractivity contribution in [3.8, 4) is 5.75 Å². The molecular weight excluding hydrogens is 406 g/mol. The highest BCUT2D eigenvalue weighted by Gasteiger charge is 2.14. The van der Waals surface area contributed by atoms with Gasteiger partial charge < -0.3 is 4.74 Å². The fourth-order valence-electron chi connectivity index (χ4n) is 2.63. The van der Waals surface area contributed by atoms with Gasteiger partial charge in [0.25, 0.3) is 5.69 Å². The molecule has 1 amide bonds. The van der Waals surface area contributed by atoms with Crippen molar-refractivity contribution in [2.45, 2.75) is 13.0 Å². The highest BCUT2D eigenvalue weighted by molar-refractivity contribution is 6.30. The van der Waals surface area contributed by atoms with Gasteiger partial charge in [0.05, 0.1) is 17.6 Å². The van der Waals surface area contributed by atoms with E-state index in [-0.39, 0.29) is 12.1 Å². The number of halogens is 1. The predicted molar refractivity (Wildman–Crippen MR) is 115 cm³/mol. The van der Waals surface area contributed by atoms with Gasteiger partial charge in [-0.15, -0.1) is 0 Å². The van der Waals surface area contributed by atoms with E-state index in [1.54, 1.807) is 42.5 Å². The zero-order valence-electron chi connectivity index (χ0n) is 15.8. The van der Waals surface area contributed by atoms with Crippen LogP contribution in [0.25, 0.3) is 0 Å². The molecule has 3 aromatic carbocycles. The van der Waals surface area contributed by atoms with Gasteiger partial charge in [-0.2, -0.15) is 5.10 Å². The Morgan fingerprint density at radius 2 is 1.77 bits per heavy atom. The molecule has 152 valence electrons. The van der Waals surface area contributed by atoms with Gasteiger partial charge in [-0.05, 0) is 47.5 Å². The van der Waals surface area contributed by atoms with Crippen molar-refractivity contribution in [1.82, 2.24) is 5.43 Å². The number of hydrogen-bond acceptors (Lipinski definition) is 5. The maximum atomic E-state index is 12.0. The van der Waals surface area contributed by atoms with Crippen LogP contribution in [-0.4, -0.2) is 17.0 Å². The molecule has 7 nitrogen and oxygen atoms in total. The Labute approximate surface area is 178 Å². The van der Waals surface area contributed by atoms with Crippen LogP contribution < -0.4 is 10.2 Å². The highest BCUT2D eigenvalue weighted by atomic mass is 35.5.